The molecule has 11 heteroatoms. The summed E-state index contributed by atoms with van der Waals surface area (Å²) in [5.41, 5.74) is 0. The van der Waals surface area contributed by atoms with Crippen molar-refractivity contribution >= 4 is 12.6 Å². The van der Waals surface area contributed by atoms with Crippen LogP contribution in [0.15, 0.2) is 0 Å². The largest absolute Gasteiger partial charge is 0.394 e. The Kier molecular flexibility index (Phi) is 6.61. The molecule has 136 valence electrons. The van der Waals surface area contributed by atoms with Gasteiger partial charge in [-0.3, -0.25) is 0 Å². The quantitative estimate of drug-likeness (QED) is 0.229. The van der Waals surface area contributed by atoms with Gasteiger partial charge in [0, 0.05) is 5.75 Å². The molecular weight excluding hydrogens is 336 g/mol. The lowest BCUT2D eigenvalue weighted by Crippen LogP contribution is -2.64. The van der Waals surface area contributed by atoms with Crippen molar-refractivity contribution in [2.75, 3.05) is 12.4 Å². The zero-order chi connectivity index (χ0) is 17.3. The minimum Gasteiger partial charge on any atom is -0.394 e. The highest BCUT2D eigenvalue weighted by molar-refractivity contribution is 7.80. The van der Waals surface area contributed by atoms with Gasteiger partial charge in [-0.1, -0.05) is 0 Å². The summed E-state index contributed by atoms with van der Waals surface area (Å²) >= 11 is 3.96. The van der Waals surface area contributed by atoms with Crippen molar-refractivity contribution in [2.45, 2.75) is 61.4 Å². The molecule has 0 radical (unpaired) electrons. The first kappa shape index (κ1) is 19.3. The van der Waals surface area contributed by atoms with E-state index in [-0.39, 0.29) is 5.75 Å². The van der Waals surface area contributed by atoms with Gasteiger partial charge in [0.1, 0.15) is 42.7 Å². The van der Waals surface area contributed by atoms with Gasteiger partial charge in [0.25, 0.3) is 0 Å². The molecule has 1 unspecified atom stereocenters. The summed E-state index contributed by atoms with van der Waals surface area (Å²) in [5, 5.41) is 67.7. The number of ether oxygens (including phenoxy) is 3. The summed E-state index contributed by atoms with van der Waals surface area (Å²) in [6.07, 6.45) is -14.6. The van der Waals surface area contributed by atoms with Crippen LogP contribution in [0.4, 0.5) is 0 Å². The number of thiol groups is 1. The van der Waals surface area contributed by atoms with Crippen LogP contribution in [-0.4, -0.2) is 110 Å². The Bertz CT molecular complexity index is 383. The van der Waals surface area contributed by atoms with Crippen LogP contribution in [-0.2, 0) is 14.2 Å². The molecular formula is C12H22O10S. The third kappa shape index (κ3) is 3.80. The Balaban J connectivity index is 2.11. The predicted octanol–water partition coefficient (Wildman–Crippen LogP) is -4.46. The van der Waals surface area contributed by atoms with E-state index in [1.165, 1.54) is 0 Å². The Labute approximate surface area is 137 Å². The lowest BCUT2D eigenvalue weighted by atomic mass is 9.97. The SMILES string of the molecule is OC[C@H]1OC(O)[C@H](O)[C@@H](O)[C@@H]1O[C@@H]1O[C@H](CS)[C@@H](O)[C@H](O)[C@H]1O. The minimum absolute atomic E-state index is 0.0271. The van der Waals surface area contributed by atoms with E-state index in [0.717, 1.165) is 0 Å². The van der Waals surface area contributed by atoms with E-state index in [9.17, 15) is 35.7 Å². The molecule has 23 heavy (non-hydrogen) atoms. The number of aliphatic hydroxyl groups excluding tert-OH is 7. The lowest BCUT2D eigenvalue weighted by Gasteiger charge is -2.45. The summed E-state index contributed by atoms with van der Waals surface area (Å²) in [5.74, 6) is 0.0271. The first-order chi connectivity index (χ1) is 10.8. The van der Waals surface area contributed by atoms with Gasteiger partial charge in [0.2, 0.25) is 0 Å². The zero-order valence-electron chi connectivity index (χ0n) is 12.0. The fourth-order valence-corrected chi connectivity index (χ4v) is 2.87. The molecule has 2 rings (SSSR count). The molecule has 2 heterocycles. The van der Waals surface area contributed by atoms with Gasteiger partial charge in [-0.15, -0.1) is 0 Å². The summed E-state index contributed by atoms with van der Waals surface area (Å²) in [4.78, 5) is 0. The fourth-order valence-electron chi connectivity index (χ4n) is 2.57. The highest BCUT2D eigenvalue weighted by Gasteiger charge is 2.49. The monoisotopic (exact) mass is 358 g/mol. The molecule has 0 aromatic carbocycles. The van der Waals surface area contributed by atoms with Crippen molar-refractivity contribution in [3.63, 3.8) is 0 Å². The van der Waals surface area contributed by atoms with Crippen LogP contribution in [0.25, 0.3) is 0 Å². The van der Waals surface area contributed by atoms with Crippen LogP contribution < -0.4 is 0 Å². The molecule has 2 aliphatic rings. The molecule has 7 N–H and O–H groups in total. The first-order valence-corrected chi connectivity index (χ1v) is 7.71. The molecule has 0 aromatic heterocycles. The number of hydrogen-bond donors (Lipinski definition) is 8. The van der Waals surface area contributed by atoms with E-state index in [4.69, 9.17) is 14.2 Å². The van der Waals surface area contributed by atoms with Gasteiger partial charge in [-0.05, 0) is 0 Å². The number of aliphatic hydroxyl groups is 7. The van der Waals surface area contributed by atoms with Crippen molar-refractivity contribution in [2.24, 2.45) is 0 Å². The van der Waals surface area contributed by atoms with Crippen LogP contribution in [0.2, 0.25) is 0 Å². The second kappa shape index (κ2) is 7.89. The second-order valence-corrected chi connectivity index (χ2v) is 5.89. The average Bonchev–Trinajstić information content (AvgIpc) is 2.55. The molecule has 0 spiro atoms. The predicted molar refractivity (Wildman–Crippen MR) is 75.4 cm³/mol. The zero-order valence-corrected chi connectivity index (χ0v) is 12.9. The molecule has 0 bridgehead atoms. The lowest BCUT2D eigenvalue weighted by molar-refractivity contribution is -0.351. The molecule has 2 saturated heterocycles. The Hall–Kier alpha value is -0.0500. The maximum atomic E-state index is 9.98. The topological polar surface area (TPSA) is 169 Å². The van der Waals surface area contributed by atoms with Crippen molar-refractivity contribution in [1.29, 1.82) is 0 Å². The maximum absolute atomic E-state index is 9.98. The maximum Gasteiger partial charge on any atom is 0.187 e. The summed E-state index contributed by atoms with van der Waals surface area (Å²) in [6, 6.07) is 0. The fraction of sp³-hybridized carbons (Fsp3) is 1.00. The van der Waals surface area contributed by atoms with Gasteiger partial charge < -0.3 is 50.0 Å². The van der Waals surface area contributed by atoms with E-state index in [2.05, 4.69) is 12.6 Å². The molecule has 10 nitrogen and oxygen atoms in total. The molecule has 0 aromatic rings. The molecule has 0 saturated carbocycles. The Morgan fingerprint density at radius 1 is 0.783 bits per heavy atom. The molecule has 2 aliphatic heterocycles. The van der Waals surface area contributed by atoms with Crippen LogP contribution in [0.5, 0.6) is 0 Å². The highest BCUT2D eigenvalue weighted by Crippen LogP contribution is 2.28. The summed E-state index contributed by atoms with van der Waals surface area (Å²) < 4.78 is 15.5. The van der Waals surface area contributed by atoms with Crippen LogP contribution in [0, 0.1) is 0 Å². The van der Waals surface area contributed by atoms with Gasteiger partial charge in [-0.25, -0.2) is 0 Å². The normalized spacial score (nSPS) is 51.7. The third-order valence-electron chi connectivity index (χ3n) is 3.98. The van der Waals surface area contributed by atoms with E-state index in [1.807, 2.05) is 0 Å². The molecule has 0 amide bonds. The molecule has 2 fully saturated rings. The molecule has 0 aliphatic carbocycles. The van der Waals surface area contributed by atoms with Crippen LogP contribution >= 0.6 is 12.6 Å². The Morgan fingerprint density at radius 2 is 1.43 bits per heavy atom. The minimum atomic E-state index is -1.71. The molecule has 10 atom stereocenters. The summed E-state index contributed by atoms with van der Waals surface area (Å²) in [6.45, 7) is -0.643. The van der Waals surface area contributed by atoms with Crippen molar-refractivity contribution in [1.82, 2.24) is 0 Å². The van der Waals surface area contributed by atoms with Gasteiger partial charge in [-0.2, -0.15) is 12.6 Å². The standard InChI is InChI=1S/C12H22O10S/c13-1-3-10(7(16)8(17)11(19)20-3)22-12-9(18)6(15)5(14)4(2-23)21-12/h3-19,23H,1-2H2/t3-,4-,5-,6+,7-,8-,9-,10-,11?,12+/m1/s1. The van der Waals surface area contributed by atoms with Crippen molar-refractivity contribution in [3.05, 3.63) is 0 Å². The van der Waals surface area contributed by atoms with Gasteiger partial charge in [0.15, 0.2) is 12.6 Å². The van der Waals surface area contributed by atoms with Crippen LogP contribution in [0.3, 0.4) is 0 Å². The Morgan fingerprint density at radius 3 is 2.00 bits per heavy atom. The second-order valence-electron chi connectivity index (χ2n) is 5.53. The highest BCUT2D eigenvalue weighted by atomic mass is 32.1. The number of rotatable bonds is 4. The van der Waals surface area contributed by atoms with E-state index in [0.29, 0.717) is 0 Å². The van der Waals surface area contributed by atoms with Gasteiger partial charge >= 0.3 is 0 Å². The third-order valence-corrected chi connectivity index (χ3v) is 4.34. The van der Waals surface area contributed by atoms with E-state index < -0.39 is 68.0 Å². The van der Waals surface area contributed by atoms with Gasteiger partial charge in [0.05, 0.1) is 12.7 Å². The van der Waals surface area contributed by atoms with Crippen molar-refractivity contribution in [3.8, 4) is 0 Å². The van der Waals surface area contributed by atoms with E-state index >= 15 is 0 Å². The number of hydrogen-bond acceptors (Lipinski definition) is 11. The smallest absolute Gasteiger partial charge is 0.187 e. The van der Waals surface area contributed by atoms with Crippen LogP contribution in [0.1, 0.15) is 0 Å². The van der Waals surface area contributed by atoms with Crippen molar-refractivity contribution < 1.29 is 50.0 Å². The first-order valence-electron chi connectivity index (χ1n) is 7.08. The summed E-state index contributed by atoms with van der Waals surface area (Å²) in [7, 11) is 0. The average molecular weight is 358 g/mol. The van der Waals surface area contributed by atoms with E-state index in [1.54, 1.807) is 0 Å².